The maximum atomic E-state index is 12.2. The van der Waals surface area contributed by atoms with Crippen LogP contribution in [0.3, 0.4) is 0 Å². The van der Waals surface area contributed by atoms with Crippen LogP contribution in [-0.4, -0.2) is 44.1 Å². The summed E-state index contributed by atoms with van der Waals surface area (Å²) in [7, 11) is -1.58. The summed E-state index contributed by atoms with van der Waals surface area (Å²) in [5.41, 5.74) is 0. The minimum atomic E-state index is -3.60. The molecule has 1 aromatic rings. The van der Waals surface area contributed by atoms with Crippen molar-refractivity contribution in [2.75, 3.05) is 13.6 Å². The molecule has 0 spiro atoms. The fraction of sp³-hybridized carbons (Fsp3) is 0.692. The van der Waals surface area contributed by atoms with Crippen LogP contribution in [0.2, 0.25) is 0 Å². The van der Waals surface area contributed by atoms with Crippen LogP contribution in [0.4, 0.5) is 0 Å². The maximum absolute atomic E-state index is 12.2. The van der Waals surface area contributed by atoms with Gasteiger partial charge in [0, 0.05) is 24.7 Å². The molecule has 0 amide bonds. The number of nitrogens with zero attached hydrogens (tertiary/aromatic N) is 1. The summed E-state index contributed by atoms with van der Waals surface area (Å²) in [5, 5.41) is 8.98. The van der Waals surface area contributed by atoms with Crippen molar-refractivity contribution in [1.29, 1.82) is 0 Å². The van der Waals surface area contributed by atoms with Gasteiger partial charge in [0.2, 0.25) is 10.0 Å². The Labute approximate surface area is 119 Å². The van der Waals surface area contributed by atoms with Crippen molar-refractivity contribution < 1.29 is 17.9 Å². The van der Waals surface area contributed by atoms with Gasteiger partial charge in [-0.25, -0.2) is 13.1 Å². The summed E-state index contributed by atoms with van der Waals surface area (Å²) in [6.45, 7) is 3.63. The molecule has 2 rings (SSSR count). The molecule has 1 saturated carbocycles. The van der Waals surface area contributed by atoms with E-state index in [1.165, 1.54) is 18.9 Å². The number of aliphatic hydroxyl groups excluding tert-OH is 1. The van der Waals surface area contributed by atoms with Crippen molar-refractivity contribution in [1.82, 2.24) is 9.62 Å². The topological polar surface area (TPSA) is 82.8 Å². The molecule has 0 aromatic carbocycles. The first-order chi connectivity index (χ1) is 9.35. The number of furan rings is 1. The molecule has 0 saturated heterocycles. The van der Waals surface area contributed by atoms with E-state index in [2.05, 4.69) is 9.62 Å². The van der Waals surface area contributed by atoms with E-state index < -0.39 is 10.0 Å². The van der Waals surface area contributed by atoms with Gasteiger partial charge < -0.3 is 9.52 Å². The summed E-state index contributed by atoms with van der Waals surface area (Å²) in [6.07, 6.45) is 2.38. The van der Waals surface area contributed by atoms with Crippen molar-refractivity contribution in [3.05, 3.63) is 17.6 Å². The summed E-state index contributed by atoms with van der Waals surface area (Å²) in [6, 6.07) is 2.10. The second kappa shape index (κ2) is 5.85. The zero-order chi connectivity index (χ0) is 14.9. The molecule has 0 radical (unpaired) electrons. The summed E-state index contributed by atoms with van der Waals surface area (Å²) in [4.78, 5) is 2.30. The number of nitrogens with one attached hydrogen (secondary N) is 1. The molecule has 6 nitrogen and oxygen atoms in total. The molecule has 1 heterocycles. The van der Waals surface area contributed by atoms with Gasteiger partial charge in [0.05, 0.1) is 0 Å². The van der Waals surface area contributed by atoms with Crippen molar-refractivity contribution in [2.45, 2.75) is 50.3 Å². The van der Waals surface area contributed by atoms with E-state index in [1.807, 2.05) is 14.0 Å². The summed E-state index contributed by atoms with van der Waals surface area (Å²) >= 11 is 0. The zero-order valence-corrected chi connectivity index (χ0v) is 12.9. The quantitative estimate of drug-likeness (QED) is 0.780. The molecule has 0 aliphatic heterocycles. The highest BCUT2D eigenvalue weighted by atomic mass is 32.2. The summed E-state index contributed by atoms with van der Waals surface area (Å²) in [5.74, 6) is 0.552. The van der Waals surface area contributed by atoms with Crippen molar-refractivity contribution in [2.24, 2.45) is 0 Å². The normalized spacial score (nSPS) is 17.6. The first kappa shape index (κ1) is 15.5. The molecular formula is C13H22N2O4S. The standard InChI is InChI=1S/C13H22N2O4S/c1-9(15(3)11-4-5-11)7-14-20(17,18)13-6-12(8-16)19-10(13)2/h6,9,11,14,16H,4-5,7-8H2,1-3H3. The Hall–Kier alpha value is -0.890. The molecule has 1 atom stereocenters. The van der Waals surface area contributed by atoms with Crippen LogP contribution in [0, 0.1) is 6.92 Å². The van der Waals surface area contributed by atoms with Crippen LogP contribution in [0.15, 0.2) is 15.4 Å². The number of sulfonamides is 1. The molecule has 0 bridgehead atoms. The minimum absolute atomic E-state index is 0.0998. The lowest BCUT2D eigenvalue weighted by atomic mass is 10.3. The SMILES string of the molecule is Cc1oc(CO)cc1S(=O)(=O)NCC(C)N(C)C1CC1. The van der Waals surface area contributed by atoms with Crippen LogP contribution in [0.25, 0.3) is 0 Å². The lowest BCUT2D eigenvalue weighted by Crippen LogP contribution is -2.41. The van der Waals surface area contributed by atoms with Crippen LogP contribution in [0.1, 0.15) is 31.3 Å². The maximum Gasteiger partial charge on any atom is 0.244 e. The zero-order valence-electron chi connectivity index (χ0n) is 12.1. The van der Waals surface area contributed by atoms with Gasteiger partial charge in [0.25, 0.3) is 0 Å². The lowest BCUT2D eigenvalue weighted by Gasteiger charge is -2.24. The van der Waals surface area contributed by atoms with E-state index in [0.29, 0.717) is 18.3 Å². The fourth-order valence-electron chi connectivity index (χ4n) is 2.16. The van der Waals surface area contributed by atoms with Crippen LogP contribution in [0.5, 0.6) is 0 Å². The van der Waals surface area contributed by atoms with Crippen molar-refractivity contribution >= 4 is 10.0 Å². The van der Waals surface area contributed by atoms with E-state index in [0.717, 1.165) is 0 Å². The van der Waals surface area contributed by atoms with Crippen molar-refractivity contribution in [3.8, 4) is 0 Å². The second-order valence-corrected chi connectivity index (χ2v) is 7.12. The Morgan fingerprint density at radius 1 is 1.55 bits per heavy atom. The molecule has 7 heteroatoms. The highest BCUT2D eigenvalue weighted by Crippen LogP contribution is 2.27. The Bertz CT molecular complexity index is 563. The Balaban J connectivity index is 2.01. The smallest absolute Gasteiger partial charge is 0.244 e. The third-order valence-corrected chi connectivity index (χ3v) is 5.29. The molecular weight excluding hydrogens is 280 g/mol. The molecule has 1 aromatic heterocycles. The van der Waals surface area contributed by atoms with Gasteiger partial charge in [0.15, 0.2) is 0 Å². The highest BCUT2D eigenvalue weighted by molar-refractivity contribution is 7.89. The average molecular weight is 302 g/mol. The van der Waals surface area contributed by atoms with Gasteiger partial charge in [0.1, 0.15) is 23.0 Å². The van der Waals surface area contributed by atoms with Gasteiger partial charge >= 0.3 is 0 Å². The number of hydrogen-bond acceptors (Lipinski definition) is 5. The molecule has 1 unspecified atom stereocenters. The highest BCUT2D eigenvalue weighted by Gasteiger charge is 2.30. The number of rotatable bonds is 7. The van der Waals surface area contributed by atoms with E-state index in [4.69, 9.17) is 9.52 Å². The third kappa shape index (κ3) is 3.41. The lowest BCUT2D eigenvalue weighted by molar-refractivity contribution is 0.244. The van der Waals surface area contributed by atoms with E-state index in [-0.39, 0.29) is 23.3 Å². The predicted molar refractivity (Wildman–Crippen MR) is 74.8 cm³/mol. The first-order valence-electron chi connectivity index (χ1n) is 6.77. The third-order valence-electron chi connectivity index (χ3n) is 3.76. The number of aryl methyl sites for hydroxylation is 1. The predicted octanol–water partition coefficient (Wildman–Crippen LogP) is 0.841. The molecule has 1 fully saturated rings. The van der Waals surface area contributed by atoms with E-state index >= 15 is 0 Å². The average Bonchev–Trinajstić information content (AvgIpc) is 3.17. The second-order valence-electron chi connectivity index (χ2n) is 5.39. The monoisotopic (exact) mass is 302 g/mol. The fourth-order valence-corrected chi connectivity index (χ4v) is 3.49. The van der Waals surface area contributed by atoms with Crippen molar-refractivity contribution in [3.63, 3.8) is 0 Å². The van der Waals surface area contributed by atoms with Gasteiger partial charge in [-0.15, -0.1) is 0 Å². The van der Waals surface area contributed by atoms with Gasteiger partial charge in [-0.2, -0.15) is 0 Å². The largest absolute Gasteiger partial charge is 0.462 e. The van der Waals surface area contributed by atoms with Gasteiger partial charge in [-0.05, 0) is 33.7 Å². The number of aliphatic hydroxyl groups is 1. The molecule has 1 aliphatic rings. The Kier molecular flexibility index (Phi) is 4.53. The molecule has 2 N–H and O–H groups in total. The van der Waals surface area contributed by atoms with Crippen LogP contribution < -0.4 is 4.72 Å². The van der Waals surface area contributed by atoms with Crippen LogP contribution >= 0.6 is 0 Å². The summed E-state index contributed by atoms with van der Waals surface area (Å²) < 4.78 is 32.2. The molecule has 1 aliphatic carbocycles. The Morgan fingerprint density at radius 3 is 2.70 bits per heavy atom. The Morgan fingerprint density at radius 2 is 2.20 bits per heavy atom. The van der Waals surface area contributed by atoms with E-state index in [9.17, 15) is 8.42 Å². The van der Waals surface area contributed by atoms with Gasteiger partial charge in [-0.3, -0.25) is 4.90 Å². The first-order valence-corrected chi connectivity index (χ1v) is 8.25. The van der Waals surface area contributed by atoms with E-state index in [1.54, 1.807) is 6.92 Å². The minimum Gasteiger partial charge on any atom is -0.462 e. The number of hydrogen-bond donors (Lipinski definition) is 2. The number of likely N-dealkylation sites (N-methyl/N-ethyl adjacent to an activating group) is 1. The molecule has 114 valence electrons. The van der Waals surface area contributed by atoms with Crippen LogP contribution in [-0.2, 0) is 16.6 Å². The molecule has 20 heavy (non-hydrogen) atoms. The van der Waals surface area contributed by atoms with Gasteiger partial charge in [-0.1, -0.05) is 0 Å².